The number of nitrogens with zero attached hydrogens (tertiary/aromatic N) is 4. The minimum absolute atomic E-state index is 0.214. The van der Waals surface area contributed by atoms with Gasteiger partial charge in [-0.05, 0) is 43.3 Å². The molecule has 0 unspecified atom stereocenters. The van der Waals surface area contributed by atoms with Crippen LogP contribution in [0.4, 0.5) is 5.82 Å². The summed E-state index contributed by atoms with van der Waals surface area (Å²) < 4.78 is 11.1. The third-order valence-corrected chi connectivity index (χ3v) is 5.86. The average molecular weight is 457 g/mol. The fourth-order valence-corrected chi connectivity index (χ4v) is 4.06. The molecule has 4 aromatic rings. The van der Waals surface area contributed by atoms with Crippen molar-refractivity contribution in [1.29, 1.82) is 0 Å². The molecular weight excluding hydrogens is 432 g/mol. The van der Waals surface area contributed by atoms with E-state index in [0.717, 1.165) is 11.6 Å². The smallest absolute Gasteiger partial charge is 0.339 e. The highest BCUT2D eigenvalue weighted by molar-refractivity contribution is 6.05. The van der Waals surface area contributed by atoms with E-state index >= 15 is 0 Å². The van der Waals surface area contributed by atoms with Crippen molar-refractivity contribution in [3.63, 3.8) is 0 Å². The van der Waals surface area contributed by atoms with Gasteiger partial charge in [-0.3, -0.25) is 4.79 Å². The molecule has 3 aromatic heterocycles. The normalized spacial score (nSPS) is 13.8. The summed E-state index contributed by atoms with van der Waals surface area (Å²) in [5.74, 6) is 1.44. The highest BCUT2D eigenvalue weighted by Crippen LogP contribution is 2.26. The minimum Gasteiger partial charge on any atom is -0.460 e. The van der Waals surface area contributed by atoms with E-state index in [4.69, 9.17) is 9.15 Å². The molecule has 172 valence electrons. The Kier molecular flexibility index (Phi) is 5.95. The van der Waals surface area contributed by atoms with Crippen LogP contribution in [0.2, 0.25) is 0 Å². The zero-order chi connectivity index (χ0) is 23.5. The van der Waals surface area contributed by atoms with Crippen LogP contribution in [0.15, 0.2) is 71.3 Å². The molecule has 1 amide bonds. The van der Waals surface area contributed by atoms with Crippen LogP contribution in [0.3, 0.4) is 0 Å². The molecule has 0 saturated carbocycles. The van der Waals surface area contributed by atoms with E-state index in [1.165, 1.54) is 0 Å². The van der Waals surface area contributed by atoms with E-state index in [9.17, 15) is 9.59 Å². The molecule has 0 N–H and O–H groups in total. The zero-order valence-corrected chi connectivity index (χ0v) is 18.8. The molecule has 1 aromatic carbocycles. The zero-order valence-electron chi connectivity index (χ0n) is 18.8. The van der Waals surface area contributed by atoms with Gasteiger partial charge in [0.15, 0.2) is 12.4 Å². The summed E-state index contributed by atoms with van der Waals surface area (Å²) in [6, 6.07) is 18.4. The van der Waals surface area contributed by atoms with Gasteiger partial charge in [0.1, 0.15) is 17.3 Å². The number of hydrogen-bond donors (Lipinski definition) is 0. The number of aryl methyl sites for hydroxylation is 1. The van der Waals surface area contributed by atoms with Gasteiger partial charge in [-0.2, -0.15) is 0 Å². The van der Waals surface area contributed by atoms with Crippen LogP contribution in [-0.2, 0) is 9.53 Å². The molecule has 0 aliphatic carbocycles. The van der Waals surface area contributed by atoms with Gasteiger partial charge in [-0.1, -0.05) is 24.3 Å². The molecule has 1 saturated heterocycles. The largest absolute Gasteiger partial charge is 0.460 e. The van der Waals surface area contributed by atoms with E-state index in [1.54, 1.807) is 17.2 Å². The van der Waals surface area contributed by atoms with Gasteiger partial charge >= 0.3 is 5.97 Å². The summed E-state index contributed by atoms with van der Waals surface area (Å²) in [5.41, 5.74) is 1.54. The summed E-state index contributed by atoms with van der Waals surface area (Å²) in [5, 5.41) is 0.663. The van der Waals surface area contributed by atoms with Crippen LogP contribution >= 0.6 is 0 Å². The number of rotatable bonds is 5. The fraction of sp³-hybridized carbons (Fsp3) is 0.231. The van der Waals surface area contributed by atoms with Crippen molar-refractivity contribution in [1.82, 2.24) is 14.9 Å². The molecule has 1 aliphatic heterocycles. The van der Waals surface area contributed by atoms with Crippen LogP contribution in [0, 0.1) is 6.92 Å². The first-order valence-electron chi connectivity index (χ1n) is 11.2. The average Bonchev–Trinajstić information content (AvgIpc) is 3.33. The summed E-state index contributed by atoms with van der Waals surface area (Å²) >= 11 is 0. The number of piperazine rings is 1. The van der Waals surface area contributed by atoms with E-state index in [0.29, 0.717) is 54.1 Å². The van der Waals surface area contributed by atoms with E-state index in [2.05, 4.69) is 14.9 Å². The number of ether oxygens (including phenoxy) is 1. The Morgan fingerprint density at radius 3 is 2.53 bits per heavy atom. The predicted molar refractivity (Wildman–Crippen MR) is 127 cm³/mol. The van der Waals surface area contributed by atoms with Crippen LogP contribution in [0.25, 0.3) is 22.4 Å². The number of carbonyl (C=O) groups is 2. The highest BCUT2D eigenvalue weighted by Gasteiger charge is 2.24. The molecule has 5 rings (SSSR count). The molecule has 0 atom stereocenters. The highest BCUT2D eigenvalue weighted by atomic mass is 16.5. The quantitative estimate of drug-likeness (QED) is 0.423. The number of hydrogen-bond acceptors (Lipinski definition) is 7. The van der Waals surface area contributed by atoms with Gasteiger partial charge in [-0.25, -0.2) is 14.8 Å². The Bertz CT molecular complexity index is 1330. The standard InChI is InChI=1S/C26H24N4O4/c1-18-9-10-23(34-18)22-16-20(19-6-2-3-7-21(19)28-22)26(32)33-17-25(31)30-14-12-29(13-15-30)24-8-4-5-11-27-24/h2-11,16H,12-15,17H2,1H3. The van der Waals surface area contributed by atoms with Crippen molar-refractivity contribution < 1.29 is 18.7 Å². The first-order valence-corrected chi connectivity index (χ1v) is 11.2. The molecule has 34 heavy (non-hydrogen) atoms. The van der Waals surface area contributed by atoms with Crippen LogP contribution in [0.1, 0.15) is 16.1 Å². The number of aromatic nitrogens is 2. The topological polar surface area (TPSA) is 88.8 Å². The molecular formula is C26H24N4O4. The second-order valence-corrected chi connectivity index (χ2v) is 8.11. The molecule has 0 spiro atoms. The lowest BCUT2D eigenvalue weighted by Crippen LogP contribution is -2.50. The number of anilines is 1. The maximum absolute atomic E-state index is 13.0. The number of furan rings is 1. The molecule has 8 nitrogen and oxygen atoms in total. The van der Waals surface area contributed by atoms with Gasteiger partial charge in [0, 0.05) is 37.8 Å². The lowest BCUT2D eigenvalue weighted by atomic mass is 10.1. The second-order valence-electron chi connectivity index (χ2n) is 8.11. The maximum atomic E-state index is 13.0. The van der Waals surface area contributed by atoms with Crippen molar-refractivity contribution >= 4 is 28.6 Å². The van der Waals surface area contributed by atoms with Gasteiger partial charge in [-0.15, -0.1) is 0 Å². The third kappa shape index (κ3) is 4.47. The van der Waals surface area contributed by atoms with Gasteiger partial charge in [0.25, 0.3) is 5.91 Å². The summed E-state index contributed by atoms with van der Waals surface area (Å²) in [4.78, 5) is 38.6. The number of esters is 1. The Morgan fingerprint density at radius 2 is 1.79 bits per heavy atom. The lowest BCUT2D eigenvalue weighted by Gasteiger charge is -2.35. The van der Waals surface area contributed by atoms with Gasteiger partial charge in [0.2, 0.25) is 0 Å². The van der Waals surface area contributed by atoms with Crippen LogP contribution in [-0.4, -0.2) is 59.5 Å². The molecule has 1 fully saturated rings. The van der Waals surface area contributed by atoms with Crippen molar-refractivity contribution in [2.45, 2.75) is 6.92 Å². The Hall–Kier alpha value is -4.20. The SMILES string of the molecule is Cc1ccc(-c2cc(C(=O)OCC(=O)N3CCN(c4ccccn4)CC3)c3ccccc3n2)o1. The van der Waals surface area contributed by atoms with E-state index < -0.39 is 5.97 Å². The predicted octanol–water partition coefficient (Wildman–Crippen LogP) is 3.70. The fourth-order valence-electron chi connectivity index (χ4n) is 4.06. The maximum Gasteiger partial charge on any atom is 0.339 e. The molecule has 0 radical (unpaired) electrons. The summed E-state index contributed by atoms with van der Waals surface area (Å²) in [6.45, 7) is 3.99. The summed E-state index contributed by atoms with van der Waals surface area (Å²) in [7, 11) is 0. The van der Waals surface area contributed by atoms with E-state index in [1.807, 2.05) is 61.5 Å². The minimum atomic E-state index is -0.566. The number of para-hydroxylation sites is 1. The molecule has 1 aliphatic rings. The van der Waals surface area contributed by atoms with Crippen molar-refractivity contribution in [3.05, 3.63) is 78.2 Å². The Labute approximate surface area is 196 Å². The Balaban J connectivity index is 1.26. The van der Waals surface area contributed by atoms with Crippen molar-refractivity contribution in [2.75, 3.05) is 37.7 Å². The van der Waals surface area contributed by atoms with Gasteiger partial charge in [0.05, 0.1) is 11.1 Å². The second kappa shape index (κ2) is 9.35. The van der Waals surface area contributed by atoms with E-state index in [-0.39, 0.29) is 12.5 Å². The van der Waals surface area contributed by atoms with Crippen molar-refractivity contribution in [2.24, 2.45) is 0 Å². The number of fused-ring (bicyclic) bond motifs is 1. The molecule has 0 bridgehead atoms. The number of benzene rings is 1. The van der Waals surface area contributed by atoms with Gasteiger partial charge < -0.3 is 19.0 Å². The summed E-state index contributed by atoms with van der Waals surface area (Å²) in [6.07, 6.45) is 1.76. The Morgan fingerprint density at radius 1 is 1.00 bits per heavy atom. The number of carbonyl (C=O) groups excluding carboxylic acids is 2. The molecule has 4 heterocycles. The first kappa shape index (κ1) is 21.6. The van der Waals surface area contributed by atoms with Crippen LogP contribution in [0.5, 0.6) is 0 Å². The lowest BCUT2D eigenvalue weighted by molar-refractivity contribution is -0.134. The number of pyridine rings is 2. The van der Waals surface area contributed by atoms with Crippen LogP contribution < -0.4 is 4.90 Å². The third-order valence-electron chi connectivity index (χ3n) is 5.86. The number of amides is 1. The monoisotopic (exact) mass is 456 g/mol. The first-order chi connectivity index (χ1) is 16.6. The van der Waals surface area contributed by atoms with Crippen molar-refractivity contribution in [3.8, 4) is 11.5 Å². The molecule has 8 heteroatoms.